The SMILES string of the molecule is CC(C)(C)OC(=O)N1CC2COCC(C1)C2Oc1ncnc2c(-c3ccc(F)cc3F)csc12.CC(C)(C)OC(=O)N1CC2COCC(C1)C2Oc1ncnc2c(Br)csc12.OB(O)c1ccc(F)cc1F. The molecule has 4 bridgehead atoms. The van der Waals surface area contributed by atoms with Gasteiger partial charge in [0.15, 0.2) is 0 Å². The lowest BCUT2D eigenvalue weighted by molar-refractivity contribution is -0.113. The molecule has 16 nitrogen and oxygen atoms in total. The summed E-state index contributed by atoms with van der Waals surface area (Å²) < 4.78 is 90.4. The first-order valence-corrected chi connectivity index (χ1v) is 25.5. The monoisotopic (exact) mass is 1100 g/mol. The van der Waals surface area contributed by atoms with Crippen LogP contribution in [0.2, 0.25) is 0 Å². The largest absolute Gasteiger partial charge is 0.491 e. The molecule has 4 fully saturated rings. The van der Waals surface area contributed by atoms with E-state index in [1.54, 1.807) is 26.5 Å². The number of halogens is 5. The highest BCUT2D eigenvalue weighted by Crippen LogP contribution is 2.41. The van der Waals surface area contributed by atoms with E-state index < -0.39 is 41.6 Å². The summed E-state index contributed by atoms with van der Waals surface area (Å²) in [4.78, 5) is 46.0. The molecule has 4 aromatic heterocycles. The van der Waals surface area contributed by atoms with Gasteiger partial charge in [-0.05, 0) is 75.7 Å². The number of amides is 2. The molecule has 4 unspecified atom stereocenters. The minimum atomic E-state index is -1.89. The Morgan fingerprint density at radius 1 is 0.653 bits per heavy atom. The second-order valence-corrected chi connectivity index (χ2v) is 22.3. The number of piperidine rings is 2. The summed E-state index contributed by atoms with van der Waals surface area (Å²) in [7, 11) is -1.89. The molecule has 2 aromatic carbocycles. The van der Waals surface area contributed by atoms with E-state index in [1.165, 1.54) is 36.1 Å². The molecule has 0 aliphatic carbocycles. The van der Waals surface area contributed by atoms with E-state index in [1.807, 2.05) is 46.9 Å². The van der Waals surface area contributed by atoms with E-state index in [4.69, 9.17) is 38.5 Å². The smallest absolute Gasteiger partial charge is 0.472 e. The highest BCUT2D eigenvalue weighted by Gasteiger charge is 2.46. The molecule has 0 radical (unpaired) electrons. The third-order valence-electron chi connectivity index (χ3n) is 11.9. The van der Waals surface area contributed by atoms with Gasteiger partial charge in [-0.25, -0.2) is 47.1 Å². The molecule has 4 atom stereocenters. The summed E-state index contributed by atoms with van der Waals surface area (Å²) in [5.41, 5.74) is 0.844. The number of hydrogen-bond acceptors (Lipinski definition) is 16. The molecule has 4 saturated heterocycles. The summed E-state index contributed by atoms with van der Waals surface area (Å²) in [5.74, 6) is -1.89. The average molecular weight is 1100 g/mol. The Labute approximate surface area is 428 Å². The van der Waals surface area contributed by atoms with Crippen LogP contribution in [0.25, 0.3) is 31.6 Å². The van der Waals surface area contributed by atoms with Gasteiger partial charge in [0.2, 0.25) is 11.8 Å². The minimum Gasteiger partial charge on any atom is -0.472 e. The van der Waals surface area contributed by atoms with Gasteiger partial charge in [-0.2, -0.15) is 0 Å². The Hall–Kier alpha value is -5.24. The van der Waals surface area contributed by atoms with Crippen LogP contribution in [0.1, 0.15) is 41.5 Å². The number of thiophene rings is 2. The van der Waals surface area contributed by atoms with Crippen molar-refractivity contribution in [1.29, 1.82) is 0 Å². The van der Waals surface area contributed by atoms with Gasteiger partial charge >= 0.3 is 19.3 Å². The van der Waals surface area contributed by atoms with Gasteiger partial charge in [0, 0.05) is 89.3 Å². The van der Waals surface area contributed by atoms with Crippen molar-refractivity contribution in [3.8, 4) is 22.9 Å². The Kier molecular flexibility index (Phi) is 16.3. The van der Waals surface area contributed by atoms with Crippen LogP contribution in [0.5, 0.6) is 11.8 Å². The molecule has 0 saturated carbocycles. The number of aromatic nitrogens is 4. The maximum absolute atomic E-state index is 14.4. The molecule has 2 amide bonds. The van der Waals surface area contributed by atoms with Crippen LogP contribution in [0.3, 0.4) is 0 Å². The molecule has 384 valence electrons. The van der Waals surface area contributed by atoms with Gasteiger partial charge in [0.25, 0.3) is 0 Å². The Balaban J connectivity index is 0.000000162. The summed E-state index contributed by atoms with van der Waals surface area (Å²) in [6.45, 7) is 15.2. The molecular formula is C48H52BBrF4N6O10S2. The fourth-order valence-electron chi connectivity index (χ4n) is 8.80. The van der Waals surface area contributed by atoms with E-state index >= 15 is 0 Å². The van der Waals surface area contributed by atoms with Crippen LogP contribution in [0.4, 0.5) is 27.2 Å². The molecule has 4 aliphatic heterocycles. The van der Waals surface area contributed by atoms with Crippen molar-refractivity contribution in [3.63, 3.8) is 0 Å². The third-order valence-corrected chi connectivity index (χ3v) is 14.7. The van der Waals surface area contributed by atoms with Gasteiger partial charge in [0.1, 0.15) is 74.3 Å². The summed E-state index contributed by atoms with van der Waals surface area (Å²) in [6, 6.07) is 6.02. The number of likely N-dealkylation sites (tertiary alicyclic amines) is 2. The predicted molar refractivity (Wildman–Crippen MR) is 264 cm³/mol. The zero-order chi connectivity index (χ0) is 51.6. The number of carbonyl (C=O) groups excluding carboxylic acids is 2. The first-order chi connectivity index (χ1) is 34.1. The highest BCUT2D eigenvalue weighted by atomic mass is 79.9. The van der Waals surface area contributed by atoms with Crippen molar-refractivity contribution in [1.82, 2.24) is 29.7 Å². The van der Waals surface area contributed by atoms with E-state index in [0.717, 1.165) is 32.9 Å². The van der Waals surface area contributed by atoms with E-state index in [9.17, 15) is 27.2 Å². The molecule has 8 heterocycles. The maximum atomic E-state index is 14.4. The maximum Gasteiger partial charge on any atom is 0.491 e. The normalized spacial score (nSPS) is 21.7. The average Bonchev–Trinajstić information content (AvgIpc) is 3.90. The van der Waals surface area contributed by atoms with Crippen molar-refractivity contribution in [2.45, 2.75) is 65.0 Å². The summed E-state index contributed by atoms with van der Waals surface area (Å²) >= 11 is 6.42. The van der Waals surface area contributed by atoms with Crippen LogP contribution in [0.15, 0.2) is 64.3 Å². The van der Waals surface area contributed by atoms with Gasteiger partial charge in [-0.15, -0.1) is 22.7 Å². The second-order valence-electron chi connectivity index (χ2n) is 19.7. The zero-order valence-corrected chi connectivity index (χ0v) is 43.2. The molecule has 24 heteroatoms. The van der Waals surface area contributed by atoms with Crippen molar-refractivity contribution in [2.75, 3.05) is 52.6 Å². The van der Waals surface area contributed by atoms with Crippen LogP contribution in [-0.4, -0.2) is 135 Å². The fraction of sp³-hybridized carbons (Fsp3) is 0.458. The third kappa shape index (κ3) is 12.6. The number of benzene rings is 2. The standard InChI is InChI=1S/C24H25F2N3O4S.C18H22BrN3O4S.C6H5BF2O2/c1-24(2,3)33-23(30)29-7-13-9-31-10-14(8-29)20(13)32-22-21-19(27-12-28-22)17(11-34-21)16-5-4-15(25)6-18(16)26;1-18(2,3)26-17(23)22-4-10-6-24-7-11(5-22)14(10)25-16-15-13(20-9-21-16)12(19)8-27-15;8-4-1-2-5(7(10)11)6(9)3-4/h4-6,11-14,20H,7-10H2,1-3H3;8-11,14H,4-7H2,1-3H3;1-3,10-11H. The number of fused-ring (bicyclic) bond motifs is 6. The highest BCUT2D eigenvalue weighted by molar-refractivity contribution is 9.10. The molecule has 10 rings (SSSR count). The Morgan fingerprint density at radius 2 is 1.10 bits per heavy atom. The van der Waals surface area contributed by atoms with Gasteiger partial charge in [-0.1, -0.05) is 6.07 Å². The topological polar surface area (TPSA) is 188 Å². The Bertz CT molecular complexity index is 2880. The van der Waals surface area contributed by atoms with Crippen LogP contribution in [-0.2, 0) is 18.9 Å². The molecule has 6 aromatic rings. The lowest BCUT2D eigenvalue weighted by Gasteiger charge is -2.46. The first-order valence-electron chi connectivity index (χ1n) is 22.9. The molecule has 2 N–H and O–H groups in total. The lowest BCUT2D eigenvalue weighted by Crippen LogP contribution is -2.59. The lowest BCUT2D eigenvalue weighted by atomic mass is 9.80. The number of hydrogen-bond donors (Lipinski definition) is 2. The molecule has 4 aliphatic rings. The van der Waals surface area contributed by atoms with Crippen LogP contribution >= 0.6 is 38.6 Å². The predicted octanol–water partition coefficient (Wildman–Crippen LogP) is 8.26. The fourth-order valence-corrected chi connectivity index (χ4v) is 11.3. The Morgan fingerprint density at radius 3 is 1.56 bits per heavy atom. The zero-order valence-electron chi connectivity index (χ0n) is 40.0. The van der Waals surface area contributed by atoms with Gasteiger partial charge in [0.05, 0.1) is 36.4 Å². The second kappa shape index (κ2) is 22.1. The number of rotatable bonds is 6. The van der Waals surface area contributed by atoms with Crippen LogP contribution < -0.4 is 14.9 Å². The number of ether oxygens (including phenoxy) is 6. The van der Waals surface area contributed by atoms with Crippen molar-refractivity contribution >= 4 is 83.8 Å². The first kappa shape index (κ1) is 53.1. The summed E-state index contributed by atoms with van der Waals surface area (Å²) in [6.07, 6.45) is 2.06. The quantitative estimate of drug-likeness (QED) is 0.120. The number of nitrogens with zero attached hydrogens (tertiary/aromatic N) is 6. The molecular weight excluding hydrogens is 1050 g/mol. The minimum absolute atomic E-state index is 0.0426. The van der Waals surface area contributed by atoms with Gasteiger partial charge < -0.3 is 48.3 Å². The molecule has 72 heavy (non-hydrogen) atoms. The van der Waals surface area contributed by atoms with E-state index in [-0.39, 0.29) is 59.1 Å². The van der Waals surface area contributed by atoms with Crippen LogP contribution in [0, 0.1) is 46.9 Å². The van der Waals surface area contributed by atoms with Crippen molar-refractivity contribution < 1.29 is 65.6 Å². The summed E-state index contributed by atoms with van der Waals surface area (Å²) in [5, 5.41) is 20.7. The van der Waals surface area contributed by atoms with E-state index in [2.05, 4.69) is 35.9 Å². The van der Waals surface area contributed by atoms with Crippen molar-refractivity contribution in [3.05, 3.63) is 87.6 Å². The van der Waals surface area contributed by atoms with Crippen molar-refractivity contribution in [2.24, 2.45) is 23.7 Å². The number of carbonyl (C=O) groups is 2. The van der Waals surface area contributed by atoms with Gasteiger partial charge in [-0.3, -0.25) is 0 Å². The molecule has 0 spiro atoms. The van der Waals surface area contributed by atoms with E-state index in [0.29, 0.717) is 86.2 Å².